The minimum atomic E-state index is 0.633. The van der Waals surface area contributed by atoms with Crippen LogP contribution in [0.3, 0.4) is 0 Å². The number of imidazole rings is 1. The first-order chi connectivity index (χ1) is 8.74. The Labute approximate surface area is 120 Å². The normalized spacial score (nSPS) is 22.6. The highest BCUT2D eigenvalue weighted by atomic mass is 79.9. The molecule has 2 unspecified atom stereocenters. The summed E-state index contributed by atoms with van der Waals surface area (Å²) in [5.41, 5.74) is 2.32. The second kappa shape index (κ2) is 4.86. The molecule has 0 radical (unpaired) electrons. The van der Waals surface area contributed by atoms with E-state index in [0.29, 0.717) is 11.9 Å². The van der Waals surface area contributed by atoms with Crippen molar-refractivity contribution in [2.24, 2.45) is 5.92 Å². The van der Waals surface area contributed by atoms with E-state index in [2.05, 4.69) is 45.6 Å². The van der Waals surface area contributed by atoms with Crippen molar-refractivity contribution in [1.29, 1.82) is 0 Å². The van der Waals surface area contributed by atoms with Gasteiger partial charge in [-0.15, -0.1) is 11.6 Å². The molecule has 1 aliphatic carbocycles. The monoisotopic (exact) mass is 326 g/mol. The minimum absolute atomic E-state index is 0.633. The third-order valence-electron chi connectivity index (χ3n) is 3.78. The zero-order valence-electron chi connectivity index (χ0n) is 10.4. The van der Waals surface area contributed by atoms with Crippen molar-refractivity contribution < 1.29 is 0 Å². The van der Waals surface area contributed by atoms with Gasteiger partial charge in [-0.3, -0.25) is 0 Å². The van der Waals surface area contributed by atoms with Crippen LogP contribution < -0.4 is 0 Å². The van der Waals surface area contributed by atoms with Gasteiger partial charge in [-0.1, -0.05) is 29.3 Å². The van der Waals surface area contributed by atoms with E-state index in [9.17, 15) is 0 Å². The Balaban J connectivity index is 2.10. The summed E-state index contributed by atoms with van der Waals surface area (Å²) in [5.74, 6) is 2.59. The Hall–Kier alpha value is -0.540. The van der Waals surface area contributed by atoms with E-state index in [1.807, 2.05) is 0 Å². The molecule has 0 saturated heterocycles. The predicted octanol–water partition coefficient (Wildman–Crippen LogP) is 4.55. The minimum Gasteiger partial charge on any atom is -0.325 e. The molecule has 2 nitrogen and oxygen atoms in total. The summed E-state index contributed by atoms with van der Waals surface area (Å²) >= 11 is 9.41. The molecule has 0 aliphatic heterocycles. The lowest BCUT2D eigenvalue weighted by Gasteiger charge is -2.07. The zero-order chi connectivity index (χ0) is 12.7. The summed E-state index contributed by atoms with van der Waals surface area (Å²) in [6.07, 6.45) is 3.38. The molecule has 0 spiro atoms. The van der Waals surface area contributed by atoms with Crippen LogP contribution in [-0.2, 0) is 6.42 Å². The van der Waals surface area contributed by atoms with Crippen LogP contribution in [-0.4, -0.2) is 15.4 Å². The number of fused-ring (bicyclic) bond motifs is 1. The maximum Gasteiger partial charge on any atom is 0.111 e. The fourth-order valence-electron chi connectivity index (χ4n) is 2.74. The highest BCUT2D eigenvalue weighted by molar-refractivity contribution is 9.10. The fraction of sp³-hybridized carbons (Fsp3) is 0.500. The molecule has 0 bridgehead atoms. The van der Waals surface area contributed by atoms with Gasteiger partial charge in [0.15, 0.2) is 0 Å². The first kappa shape index (κ1) is 12.5. The first-order valence-corrected chi connectivity index (χ1v) is 7.79. The Morgan fingerprint density at radius 1 is 1.50 bits per heavy atom. The van der Waals surface area contributed by atoms with E-state index in [-0.39, 0.29) is 0 Å². The average Bonchev–Trinajstić information content (AvgIpc) is 3.04. The molecule has 1 fully saturated rings. The van der Waals surface area contributed by atoms with E-state index >= 15 is 0 Å². The summed E-state index contributed by atoms with van der Waals surface area (Å²) in [7, 11) is 0. The summed E-state index contributed by atoms with van der Waals surface area (Å²) < 4.78 is 3.50. The van der Waals surface area contributed by atoms with Crippen molar-refractivity contribution in [2.75, 3.05) is 5.88 Å². The molecule has 1 heterocycles. The lowest BCUT2D eigenvalue weighted by Crippen LogP contribution is -2.03. The van der Waals surface area contributed by atoms with Gasteiger partial charge >= 0.3 is 0 Å². The molecule has 1 aromatic carbocycles. The fourth-order valence-corrected chi connectivity index (χ4v) is 3.26. The Kier molecular flexibility index (Phi) is 3.37. The van der Waals surface area contributed by atoms with E-state index in [1.54, 1.807) is 0 Å². The van der Waals surface area contributed by atoms with Gasteiger partial charge in [-0.25, -0.2) is 4.98 Å². The van der Waals surface area contributed by atoms with E-state index < -0.39 is 0 Å². The van der Waals surface area contributed by atoms with E-state index in [0.717, 1.165) is 28.2 Å². The molecule has 18 heavy (non-hydrogen) atoms. The topological polar surface area (TPSA) is 17.8 Å². The predicted molar refractivity (Wildman–Crippen MR) is 79.3 cm³/mol. The Morgan fingerprint density at radius 3 is 3.00 bits per heavy atom. The SMILES string of the molecule is CCC1CC1n1c(CCCl)nc2cc(Br)ccc21. The van der Waals surface area contributed by atoms with Crippen LogP contribution in [0.25, 0.3) is 11.0 Å². The van der Waals surface area contributed by atoms with Gasteiger partial charge in [-0.05, 0) is 30.5 Å². The summed E-state index contributed by atoms with van der Waals surface area (Å²) in [6, 6.07) is 6.98. The molecule has 96 valence electrons. The van der Waals surface area contributed by atoms with Gasteiger partial charge in [-0.2, -0.15) is 0 Å². The van der Waals surface area contributed by atoms with E-state index in [1.165, 1.54) is 18.4 Å². The number of nitrogens with zero attached hydrogens (tertiary/aromatic N) is 2. The molecule has 1 aromatic heterocycles. The van der Waals surface area contributed by atoms with Crippen molar-refractivity contribution in [1.82, 2.24) is 9.55 Å². The van der Waals surface area contributed by atoms with Crippen LogP contribution in [0.4, 0.5) is 0 Å². The van der Waals surface area contributed by atoms with Crippen molar-refractivity contribution in [3.8, 4) is 0 Å². The van der Waals surface area contributed by atoms with Gasteiger partial charge in [0.2, 0.25) is 0 Å². The van der Waals surface area contributed by atoms with Crippen LogP contribution in [0.5, 0.6) is 0 Å². The number of aryl methyl sites for hydroxylation is 1. The number of alkyl halides is 1. The maximum absolute atomic E-state index is 5.90. The smallest absolute Gasteiger partial charge is 0.111 e. The molecular weight excluding hydrogens is 312 g/mol. The lowest BCUT2D eigenvalue weighted by molar-refractivity contribution is 0.629. The highest BCUT2D eigenvalue weighted by Gasteiger charge is 2.38. The van der Waals surface area contributed by atoms with Crippen LogP contribution in [0.1, 0.15) is 31.6 Å². The number of rotatable bonds is 4. The second-order valence-electron chi connectivity index (χ2n) is 4.94. The molecule has 0 amide bonds. The van der Waals surface area contributed by atoms with Gasteiger partial charge in [0.1, 0.15) is 5.82 Å². The molecule has 0 N–H and O–H groups in total. The van der Waals surface area contributed by atoms with Gasteiger partial charge < -0.3 is 4.57 Å². The number of hydrogen-bond donors (Lipinski definition) is 0. The maximum atomic E-state index is 5.90. The number of benzene rings is 1. The number of hydrogen-bond acceptors (Lipinski definition) is 1. The molecule has 1 aliphatic rings. The van der Waals surface area contributed by atoms with Crippen LogP contribution >= 0.6 is 27.5 Å². The van der Waals surface area contributed by atoms with Crippen molar-refractivity contribution in [3.05, 3.63) is 28.5 Å². The van der Waals surface area contributed by atoms with Crippen LogP contribution in [0.15, 0.2) is 22.7 Å². The molecular formula is C14H16BrClN2. The van der Waals surface area contributed by atoms with Crippen molar-refractivity contribution in [2.45, 2.75) is 32.2 Å². The van der Waals surface area contributed by atoms with Crippen molar-refractivity contribution in [3.63, 3.8) is 0 Å². The molecule has 4 heteroatoms. The third-order valence-corrected chi connectivity index (χ3v) is 4.47. The highest BCUT2D eigenvalue weighted by Crippen LogP contribution is 2.47. The standard InChI is InChI=1S/C14H16BrClN2/c1-2-9-7-13(9)18-12-4-3-10(15)8-11(12)17-14(18)5-6-16/h3-4,8-9,13H,2,5-7H2,1H3. The molecule has 1 saturated carbocycles. The van der Waals surface area contributed by atoms with Crippen LogP contribution in [0, 0.1) is 5.92 Å². The zero-order valence-corrected chi connectivity index (χ0v) is 12.7. The van der Waals surface area contributed by atoms with Gasteiger partial charge in [0.05, 0.1) is 11.0 Å². The lowest BCUT2D eigenvalue weighted by atomic mass is 10.3. The quantitative estimate of drug-likeness (QED) is 0.753. The Morgan fingerprint density at radius 2 is 2.33 bits per heavy atom. The second-order valence-corrected chi connectivity index (χ2v) is 6.24. The summed E-state index contributed by atoms with van der Waals surface area (Å²) in [6.45, 7) is 2.27. The summed E-state index contributed by atoms with van der Waals surface area (Å²) in [5, 5.41) is 0. The van der Waals surface area contributed by atoms with Crippen LogP contribution in [0.2, 0.25) is 0 Å². The third kappa shape index (κ3) is 2.08. The first-order valence-electron chi connectivity index (χ1n) is 6.47. The molecule has 2 aromatic rings. The van der Waals surface area contributed by atoms with Crippen molar-refractivity contribution >= 4 is 38.6 Å². The van der Waals surface area contributed by atoms with Gasteiger partial charge in [0.25, 0.3) is 0 Å². The number of halogens is 2. The molecule has 3 rings (SSSR count). The van der Waals surface area contributed by atoms with Gasteiger partial charge in [0, 0.05) is 22.8 Å². The Bertz CT molecular complexity index is 578. The van der Waals surface area contributed by atoms with E-state index in [4.69, 9.17) is 16.6 Å². The average molecular weight is 328 g/mol. The number of aromatic nitrogens is 2. The largest absolute Gasteiger partial charge is 0.325 e. The summed E-state index contributed by atoms with van der Waals surface area (Å²) in [4.78, 5) is 4.74. The molecule has 2 atom stereocenters.